The molecule has 1 aromatic rings. The molecule has 2 rings (SSSR count). The highest BCUT2D eigenvalue weighted by Gasteiger charge is 2.29. The molecule has 1 saturated carbocycles. The molecule has 0 amide bonds. The first-order valence-corrected chi connectivity index (χ1v) is 8.04. The molecule has 1 fully saturated rings. The fourth-order valence-corrected chi connectivity index (χ4v) is 3.13. The van der Waals surface area contributed by atoms with Crippen LogP contribution in [-0.2, 0) is 0 Å². The Morgan fingerprint density at radius 2 is 2.05 bits per heavy atom. The van der Waals surface area contributed by atoms with Gasteiger partial charge in [0.15, 0.2) is 0 Å². The average Bonchev–Trinajstić information content (AvgIpc) is 2.41. The SMILES string of the molecule is CCC1CCC(N)C(Oc2cc(C)ccc2C(C)C)C1. The first-order valence-electron chi connectivity index (χ1n) is 8.04. The van der Waals surface area contributed by atoms with Gasteiger partial charge in [-0.2, -0.15) is 0 Å². The van der Waals surface area contributed by atoms with E-state index in [9.17, 15) is 0 Å². The molecular formula is C18H29NO. The van der Waals surface area contributed by atoms with Crippen LogP contribution in [0.25, 0.3) is 0 Å². The Bertz CT molecular complexity index is 441. The smallest absolute Gasteiger partial charge is 0.123 e. The average molecular weight is 275 g/mol. The Balaban J connectivity index is 2.17. The van der Waals surface area contributed by atoms with Crippen LogP contribution in [0, 0.1) is 12.8 Å². The van der Waals surface area contributed by atoms with Gasteiger partial charge in [0.25, 0.3) is 0 Å². The molecular weight excluding hydrogens is 246 g/mol. The van der Waals surface area contributed by atoms with Crippen LogP contribution in [0.4, 0.5) is 0 Å². The van der Waals surface area contributed by atoms with Crippen LogP contribution in [0.15, 0.2) is 18.2 Å². The lowest BCUT2D eigenvalue weighted by Crippen LogP contribution is -2.44. The molecule has 3 atom stereocenters. The van der Waals surface area contributed by atoms with Crippen LogP contribution < -0.4 is 10.5 Å². The second-order valence-electron chi connectivity index (χ2n) is 6.60. The van der Waals surface area contributed by atoms with Gasteiger partial charge in [-0.15, -0.1) is 0 Å². The first kappa shape index (κ1) is 15.4. The fraction of sp³-hybridized carbons (Fsp3) is 0.667. The first-order chi connectivity index (χ1) is 9.51. The summed E-state index contributed by atoms with van der Waals surface area (Å²) in [5.41, 5.74) is 8.83. The number of rotatable bonds is 4. The third-order valence-corrected chi connectivity index (χ3v) is 4.60. The van der Waals surface area contributed by atoms with Gasteiger partial charge < -0.3 is 10.5 Å². The summed E-state index contributed by atoms with van der Waals surface area (Å²) in [6.07, 6.45) is 4.85. The van der Waals surface area contributed by atoms with Gasteiger partial charge >= 0.3 is 0 Å². The molecule has 0 bridgehead atoms. The van der Waals surface area contributed by atoms with Crippen LogP contribution in [0.5, 0.6) is 5.75 Å². The highest BCUT2D eigenvalue weighted by molar-refractivity contribution is 5.39. The maximum Gasteiger partial charge on any atom is 0.123 e. The summed E-state index contributed by atoms with van der Waals surface area (Å²) in [7, 11) is 0. The second-order valence-corrected chi connectivity index (χ2v) is 6.60. The number of hydrogen-bond acceptors (Lipinski definition) is 2. The summed E-state index contributed by atoms with van der Waals surface area (Å²) in [5.74, 6) is 2.29. The van der Waals surface area contributed by atoms with Crippen molar-refractivity contribution in [3.63, 3.8) is 0 Å². The molecule has 2 heteroatoms. The fourth-order valence-electron chi connectivity index (χ4n) is 3.13. The normalized spacial score (nSPS) is 26.8. The van der Waals surface area contributed by atoms with Crippen molar-refractivity contribution in [2.75, 3.05) is 0 Å². The highest BCUT2D eigenvalue weighted by atomic mass is 16.5. The summed E-state index contributed by atoms with van der Waals surface area (Å²) in [6, 6.07) is 6.70. The van der Waals surface area contributed by atoms with Crippen molar-refractivity contribution in [2.45, 2.75) is 71.4 Å². The van der Waals surface area contributed by atoms with Gasteiger partial charge in [0.1, 0.15) is 11.9 Å². The van der Waals surface area contributed by atoms with Gasteiger partial charge in [-0.3, -0.25) is 0 Å². The van der Waals surface area contributed by atoms with E-state index < -0.39 is 0 Å². The van der Waals surface area contributed by atoms with Crippen LogP contribution in [-0.4, -0.2) is 12.1 Å². The third kappa shape index (κ3) is 3.54. The predicted octanol–water partition coefficient (Wildman–Crippen LogP) is 4.40. The van der Waals surface area contributed by atoms with Crippen LogP contribution in [0.1, 0.15) is 63.5 Å². The van der Waals surface area contributed by atoms with E-state index in [2.05, 4.69) is 45.9 Å². The van der Waals surface area contributed by atoms with E-state index in [1.807, 2.05) is 0 Å². The van der Waals surface area contributed by atoms with Gasteiger partial charge in [0, 0.05) is 6.04 Å². The summed E-state index contributed by atoms with van der Waals surface area (Å²) < 4.78 is 6.35. The van der Waals surface area contributed by atoms with E-state index in [-0.39, 0.29) is 12.1 Å². The highest BCUT2D eigenvalue weighted by Crippen LogP contribution is 2.33. The van der Waals surface area contributed by atoms with E-state index in [0.717, 1.165) is 24.5 Å². The molecule has 1 aliphatic rings. The minimum Gasteiger partial charge on any atom is -0.489 e. The van der Waals surface area contributed by atoms with Crippen molar-refractivity contribution >= 4 is 0 Å². The minimum absolute atomic E-state index is 0.174. The maximum atomic E-state index is 6.35. The summed E-state index contributed by atoms with van der Waals surface area (Å²) in [6.45, 7) is 8.82. The van der Waals surface area contributed by atoms with E-state index in [4.69, 9.17) is 10.5 Å². The molecule has 112 valence electrons. The maximum absolute atomic E-state index is 6.35. The van der Waals surface area contributed by atoms with Gasteiger partial charge in [-0.25, -0.2) is 0 Å². The molecule has 1 aliphatic carbocycles. The second kappa shape index (κ2) is 6.62. The standard InChI is InChI=1S/C18H29NO/c1-5-14-7-9-16(19)18(11-14)20-17-10-13(4)6-8-15(17)12(2)3/h6,8,10,12,14,16,18H,5,7,9,11,19H2,1-4H3. The van der Waals surface area contributed by atoms with E-state index in [1.165, 1.54) is 24.0 Å². The number of hydrogen-bond donors (Lipinski definition) is 1. The lowest BCUT2D eigenvalue weighted by molar-refractivity contribution is 0.0998. The topological polar surface area (TPSA) is 35.2 Å². The zero-order valence-corrected chi connectivity index (χ0v) is 13.4. The van der Waals surface area contributed by atoms with E-state index in [1.54, 1.807) is 0 Å². The zero-order chi connectivity index (χ0) is 14.7. The summed E-state index contributed by atoms with van der Waals surface area (Å²) in [4.78, 5) is 0. The molecule has 0 aliphatic heterocycles. The molecule has 0 saturated heterocycles. The number of ether oxygens (including phenoxy) is 1. The Morgan fingerprint density at radius 3 is 2.70 bits per heavy atom. The Kier molecular flexibility index (Phi) is 5.09. The molecule has 0 radical (unpaired) electrons. The van der Waals surface area contributed by atoms with Crippen molar-refractivity contribution in [3.05, 3.63) is 29.3 Å². The summed E-state index contributed by atoms with van der Waals surface area (Å²) in [5, 5.41) is 0. The van der Waals surface area contributed by atoms with Crippen LogP contribution in [0.2, 0.25) is 0 Å². The number of aryl methyl sites for hydroxylation is 1. The Labute approximate surface area is 123 Å². The molecule has 0 spiro atoms. The van der Waals surface area contributed by atoms with Gasteiger partial charge in [-0.1, -0.05) is 39.3 Å². The molecule has 3 unspecified atom stereocenters. The van der Waals surface area contributed by atoms with Crippen LogP contribution in [0.3, 0.4) is 0 Å². The molecule has 20 heavy (non-hydrogen) atoms. The van der Waals surface area contributed by atoms with E-state index in [0.29, 0.717) is 5.92 Å². The van der Waals surface area contributed by atoms with Gasteiger partial charge in [0.05, 0.1) is 0 Å². The van der Waals surface area contributed by atoms with Crippen molar-refractivity contribution in [1.29, 1.82) is 0 Å². The van der Waals surface area contributed by atoms with Gasteiger partial charge in [-0.05, 0) is 55.2 Å². The predicted molar refractivity (Wildman–Crippen MR) is 85.3 cm³/mol. The monoisotopic (exact) mass is 275 g/mol. The van der Waals surface area contributed by atoms with Gasteiger partial charge in [0.2, 0.25) is 0 Å². The zero-order valence-electron chi connectivity index (χ0n) is 13.4. The lowest BCUT2D eigenvalue weighted by Gasteiger charge is -2.34. The molecule has 0 aromatic heterocycles. The quantitative estimate of drug-likeness (QED) is 0.883. The number of nitrogens with two attached hydrogens (primary N) is 1. The largest absolute Gasteiger partial charge is 0.489 e. The van der Waals surface area contributed by atoms with Crippen molar-refractivity contribution < 1.29 is 4.74 Å². The van der Waals surface area contributed by atoms with Crippen molar-refractivity contribution in [2.24, 2.45) is 11.7 Å². The van der Waals surface area contributed by atoms with Crippen LogP contribution >= 0.6 is 0 Å². The number of benzene rings is 1. The lowest BCUT2D eigenvalue weighted by atomic mass is 9.83. The van der Waals surface area contributed by atoms with E-state index >= 15 is 0 Å². The summed E-state index contributed by atoms with van der Waals surface area (Å²) >= 11 is 0. The Morgan fingerprint density at radius 1 is 1.30 bits per heavy atom. The minimum atomic E-state index is 0.174. The molecule has 2 nitrogen and oxygen atoms in total. The van der Waals surface area contributed by atoms with Crippen molar-refractivity contribution in [1.82, 2.24) is 0 Å². The third-order valence-electron chi connectivity index (χ3n) is 4.60. The molecule has 2 N–H and O–H groups in total. The van der Waals surface area contributed by atoms with Crippen molar-refractivity contribution in [3.8, 4) is 5.75 Å². The molecule has 1 aromatic carbocycles. The Hall–Kier alpha value is -1.02. The molecule has 0 heterocycles.